The molecule has 0 bridgehead atoms. The van der Waals surface area contributed by atoms with E-state index in [4.69, 9.17) is 9.79 Å². The van der Waals surface area contributed by atoms with Crippen molar-refractivity contribution in [3.8, 4) is 6.07 Å². The number of nitriles is 1. The van der Waals surface area contributed by atoms with Crippen molar-refractivity contribution in [2.45, 2.75) is 57.0 Å². The maximum absolute atomic E-state index is 11.2. The number of hydrogen-bond donors (Lipinski definition) is 1. The molecular formula is C10H24NO3PSi2. The van der Waals surface area contributed by atoms with E-state index >= 15 is 0 Å². The van der Waals surface area contributed by atoms with E-state index in [9.17, 15) is 9.46 Å². The monoisotopic (exact) mass is 293 g/mol. The summed E-state index contributed by atoms with van der Waals surface area (Å²) in [5.74, 6) is 0. The molecule has 1 N–H and O–H groups in total. The van der Waals surface area contributed by atoms with Crippen molar-refractivity contribution in [2.75, 3.05) is 0 Å². The molecule has 1 unspecified atom stereocenters. The molecule has 100 valence electrons. The maximum Gasteiger partial charge on any atom is 0.316 e. The lowest BCUT2D eigenvalue weighted by molar-refractivity contribution is 0.192. The predicted octanol–water partition coefficient (Wildman–Crippen LogP) is 3.18. The average molecular weight is 293 g/mol. The maximum atomic E-state index is 11.2. The van der Waals surface area contributed by atoms with Crippen LogP contribution in [0.4, 0.5) is 0 Å². The van der Waals surface area contributed by atoms with Crippen molar-refractivity contribution < 1.29 is 14.0 Å². The van der Waals surface area contributed by atoms with E-state index in [0.29, 0.717) is 12.8 Å². The van der Waals surface area contributed by atoms with Crippen LogP contribution < -0.4 is 0 Å². The molecule has 0 heterocycles. The van der Waals surface area contributed by atoms with Gasteiger partial charge in [-0.3, -0.25) is 4.57 Å². The quantitative estimate of drug-likeness (QED) is 0.603. The summed E-state index contributed by atoms with van der Waals surface area (Å²) >= 11 is 0. The summed E-state index contributed by atoms with van der Waals surface area (Å²) in [5, 5.41) is 8.79. The van der Waals surface area contributed by atoms with Crippen LogP contribution in [0.1, 0.15) is 12.8 Å². The Labute approximate surface area is 107 Å². The third-order valence-corrected chi connectivity index (χ3v) is 14.3. The van der Waals surface area contributed by atoms with E-state index in [1.165, 1.54) is 0 Å². The largest absolute Gasteiger partial charge is 0.326 e. The smallest absolute Gasteiger partial charge is 0.316 e. The summed E-state index contributed by atoms with van der Waals surface area (Å²) in [6, 6.07) is 2.13. The Kier molecular flexibility index (Phi) is 5.83. The van der Waals surface area contributed by atoms with Crippen LogP contribution in [0.5, 0.6) is 0 Å². The second-order valence-corrected chi connectivity index (χ2v) is 18.2. The minimum Gasteiger partial charge on any atom is -0.326 e. The molecule has 0 aliphatic heterocycles. The topological polar surface area (TPSA) is 70.3 Å². The second kappa shape index (κ2) is 5.81. The number of hydrogen-bond acceptors (Lipinski definition) is 3. The Bertz CT molecular complexity index is 314. The molecule has 0 aromatic carbocycles. The first-order valence-corrected chi connectivity index (χ1v) is 14.0. The highest BCUT2D eigenvalue weighted by atomic mass is 31.1. The van der Waals surface area contributed by atoms with Gasteiger partial charge >= 0.3 is 8.25 Å². The SMILES string of the molecule is C[Si](C)(C)C(CCC#N)(O[PH](=O)O)[Si](C)(C)C. The second-order valence-electron chi connectivity index (χ2n) is 6.35. The standard InChI is InChI=1S/C10H24NO3PSi2/c1-16(2,3)10(8-7-9-11,14-15(12)13)17(4,5)6/h15H,7-8H2,1-6H3,(H,12,13). The van der Waals surface area contributed by atoms with Gasteiger partial charge in [0.25, 0.3) is 0 Å². The molecule has 17 heavy (non-hydrogen) atoms. The Morgan fingerprint density at radius 2 is 1.65 bits per heavy atom. The molecule has 0 radical (unpaired) electrons. The summed E-state index contributed by atoms with van der Waals surface area (Å²) in [4.78, 5) is 8.69. The van der Waals surface area contributed by atoms with E-state index < -0.39 is 29.3 Å². The lowest BCUT2D eigenvalue weighted by atomic mass is 10.3. The molecule has 4 nitrogen and oxygen atoms in total. The van der Waals surface area contributed by atoms with Crippen molar-refractivity contribution >= 4 is 24.4 Å². The van der Waals surface area contributed by atoms with Crippen LogP contribution in [0.25, 0.3) is 0 Å². The van der Waals surface area contributed by atoms with Gasteiger partial charge in [-0.15, -0.1) is 0 Å². The molecule has 7 heteroatoms. The number of rotatable bonds is 6. The van der Waals surface area contributed by atoms with E-state index in [0.717, 1.165) is 0 Å². The van der Waals surface area contributed by atoms with Gasteiger partial charge in [0.05, 0.1) is 27.1 Å². The molecule has 0 aliphatic rings. The molecule has 0 fully saturated rings. The van der Waals surface area contributed by atoms with E-state index in [1.54, 1.807) is 0 Å². The van der Waals surface area contributed by atoms with Gasteiger partial charge in [-0.1, -0.05) is 39.3 Å². The Morgan fingerprint density at radius 3 is 1.88 bits per heavy atom. The highest BCUT2D eigenvalue weighted by molar-refractivity contribution is 7.32. The van der Waals surface area contributed by atoms with Gasteiger partial charge in [0.15, 0.2) is 0 Å². The first-order chi connectivity index (χ1) is 7.48. The summed E-state index contributed by atoms with van der Waals surface area (Å²) in [5.41, 5.74) is 0. The van der Waals surface area contributed by atoms with Crippen molar-refractivity contribution in [2.24, 2.45) is 0 Å². The molecule has 1 atom stereocenters. The van der Waals surface area contributed by atoms with Gasteiger partial charge in [0.2, 0.25) is 0 Å². The Balaban J connectivity index is 5.56. The molecule has 0 rings (SSSR count). The molecule has 0 aromatic heterocycles. The zero-order valence-electron chi connectivity index (χ0n) is 11.6. The Morgan fingerprint density at radius 1 is 1.24 bits per heavy atom. The Hall–Kier alpha value is 0.0738. The minimum atomic E-state index is -2.98. The molecule has 0 aliphatic carbocycles. The zero-order chi connectivity index (χ0) is 13.9. The van der Waals surface area contributed by atoms with Gasteiger partial charge < -0.3 is 9.42 Å². The first kappa shape index (κ1) is 17.1. The fourth-order valence-corrected chi connectivity index (χ4v) is 16.7. The van der Waals surface area contributed by atoms with Crippen molar-refractivity contribution in [1.82, 2.24) is 0 Å². The summed E-state index contributed by atoms with van der Waals surface area (Å²) < 4.78 is 16.7. The van der Waals surface area contributed by atoms with E-state index in [2.05, 4.69) is 45.4 Å². The molecule has 0 spiro atoms. The highest BCUT2D eigenvalue weighted by Gasteiger charge is 2.54. The van der Waals surface area contributed by atoms with Crippen LogP contribution >= 0.6 is 8.25 Å². The molecule has 0 aromatic rings. The van der Waals surface area contributed by atoms with Gasteiger partial charge in [-0.05, 0) is 6.42 Å². The fraction of sp³-hybridized carbons (Fsp3) is 0.900. The van der Waals surface area contributed by atoms with Crippen molar-refractivity contribution in [3.05, 3.63) is 0 Å². The fourth-order valence-electron chi connectivity index (χ4n) is 2.61. The predicted molar refractivity (Wildman–Crippen MR) is 76.6 cm³/mol. The van der Waals surface area contributed by atoms with Crippen LogP contribution in [0, 0.1) is 11.3 Å². The van der Waals surface area contributed by atoms with Gasteiger partial charge in [0.1, 0.15) is 0 Å². The summed E-state index contributed by atoms with van der Waals surface area (Å²) in [7, 11) is -6.61. The van der Waals surface area contributed by atoms with Crippen LogP contribution in [-0.2, 0) is 9.09 Å². The lowest BCUT2D eigenvalue weighted by Gasteiger charge is -2.50. The van der Waals surface area contributed by atoms with Gasteiger partial charge in [0, 0.05) is 6.42 Å². The highest BCUT2D eigenvalue weighted by Crippen LogP contribution is 2.43. The van der Waals surface area contributed by atoms with Gasteiger partial charge in [-0.25, -0.2) is 0 Å². The summed E-state index contributed by atoms with van der Waals surface area (Å²) in [6.45, 7) is 12.9. The average Bonchev–Trinajstić information content (AvgIpc) is 2.07. The zero-order valence-corrected chi connectivity index (χ0v) is 14.6. The molecule has 0 amide bonds. The third kappa shape index (κ3) is 4.04. The lowest BCUT2D eigenvalue weighted by Crippen LogP contribution is -2.67. The van der Waals surface area contributed by atoms with Crippen molar-refractivity contribution in [1.29, 1.82) is 5.26 Å². The van der Waals surface area contributed by atoms with Crippen LogP contribution in [0.3, 0.4) is 0 Å². The number of nitrogens with zero attached hydrogens (tertiary/aromatic N) is 1. The minimum absolute atomic E-state index is 0.379. The van der Waals surface area contributed by atoms with E-state index in [1.807, 2.05) is 0 Å². The van der Waals surface area contributed by atoms with Gasteiger partial charge in [-0.2, -0.15) is 5.26 Å². The molecule has 0 saturated carbocycles. The molecular weight excluding hydrogens is 269 g/mol. The third-order valence-electron chi connectivity index (χ3n) is 3.27. The van der Waals surface area contributed by atoms with Crippen LogP contribution in [-0.4, -0.2) is 25.9 Å². The first-order valence-electron chi connectivity index (χ1n) is 5.77. The summed E-state index contributed by atoms with van der Waals surface area (Å²) in [6.07, 6.45) is 0.954. The van der Waals surface area contributed by atoms with Crippen LogP contribution in [0.15, 0.2) is 0 Å². The van der Waals surface area contributed by atoms with Crippen molar-refractivity contribution in [3.63, 3.8) is 0 Å². The van der Waals surface area contributed by atoms with E-state index in [-0.39, 0.29) is 0 Å². The normalized spacial score (nSPS) is 15.4. The van der Waals surface area contributed by atoms with Crippen LogP contribution in [0.2, 0.25) is 39.3 Å². The molecule has 0 saturated heterocycles.